The fraction of sp³-hybridized carbons (Fsp3) is 0.538. The van der Waals surface area contributed by atoms with E-state index in [4.69, 9.17) is 30.5 Å². The quantitative estimate of drug-likeness (QED) is 0.512. The molecular weight excluding hydrogens is 256 g/mol. The first-order chi connectivity index (χ1) is 8.80. The number of ether oxygens (including phenoxy) is 4. The molecule has 0 aliphatic rings. The van der Waals surface area contributed by atoms with Crippen molar-refractivity contribution in [3.63, 3.8) is 0 Å². The molecule has 0 N–H and O–H groups in total. The van der Waals surface area contributed by atoms with E-state index in [1.165, 1.54) is 0 Å². The number of methoxy groups -OCH3 is 2. The monoisotopic (exact) mass is 274 g/mol. The molecule has 0 aromatic heterocycles. The lowest BCUT2D eigenvalue weighted by atomic mass is 10.2. The average molecular weight is 275 g/mol. The molecule has 4 nitrogen and oxygen atoms in total. The van der Waals surface area contributed by atoms with Crippen molar-refractivity contribution in [3.05, 3.63) is 23.8 Å². The second-order valence-electron chi connectivity index (χ2n) is 3.63. The van der Waals surface area contributed by atoms with E-state index in [1.54, 1.807) is 14.2 Å². The van der Waals surface area contributed by atoms with Crippen molar-refractivity contribution in [2.45, 2.75) is 5.88 Å². The molecule has 0 spiro atoms. The Labute approximate surface area is 113 Å². The molecule has 0 saturated carbocycles. The van der Waals surface area contributed by atoms with Crippen LogP contribution in [0.2, 0.25) is 0 Å². The summed E-state index contributed by atoms with van der Waals surface area (Å²) in [6.07, 6.45) is 0. The van der Waals surface area contributed by atoms with Crippen molar-refractivity contribution in [2.75, 3.05) is 40.6 Å². The zero-order valence-corrected chi connectivity index (χ0v) is 11.5. The highest BCUT2D eigenvalue weighted by Crippen LogP contribution is 2.24. The molecule has 0 aliphatic heterocycles. The van der Waals surface area contributed by atoms with Gasteiger partial charge in [0.15, 0.2) is 0 Å². The Balaban J connectivity index is 2.62. The van der Waals surface area contributed by atoms with E-state index in [9.17, 15) is 0 Å². The molecule has 1 aromatic carbocycles. The van der Waals surface area contributed by atoms with Crippen LogP contribution in [0.15, 0.2) is 18.2 Å². The smallest absolute Gasteiger partial charge is 0.123 e. The summed E-state index contributed by atoms with van der Waals surface area (Å²) in [5, 5.41) is 0. The van der Waals surface area contributed by atoms with Crippen LogP contribution < -0.4 is 9.47 Å². The Kier molecular flexibility index (Phi) is 7.57. The zero-order valence-electron chi connectivity index (χ0n) is 10.8. The third kappa shape index (κ3) is 5.58. The maximum atomic E-state index is 5.83. The van der Waals surface area contributed by atoms with Crippen molar-refractivity contribution >= 4 is 11.6 Å². The highest BCUT2D eigenvalue weighted by molar-refractivity contribution is 6.17. The molecule has 102 valence electrons. The fourth-order valence-electron chi connectivity index (χ4n) is 1.36. The largest absolute Gasteiger partial charge is 0.491 e. The van der Waals surface area contributed by atoms with Crippen LogP contribution in [0.1, 0.15) is 5.56 Å². The molecule has 0 saturated heterocycles. The van der Waals surface area contributed by atoms with Crippen LogP contribution in [0.5, 0.6) is 11.5 Å². The molecule has 0 atom stereocenters. The summed E-state index contributed by atoms with van der Waals surface area (Å²) < 4.78 is 20.9. The Hall–Kier alpha value is -0.970. The molecular formula is C13H19ClO4. The number of rotatable bonds is 9. The zero-order chi connectivity index (χ0) is 13.2. The van der Waals surface area contributed by atoms with Crippen LogP contribution in [0.4, 0.5) is 0 Å². The molecule has 0 heterocycles. The molecule has 0 aliphatic carbocycles. The third-order valence-corrected chi connectivity index (χ3v) is 2.52. The van der Waals surface area contributed by atoms with Crippen molar-refractivity contribution < 1.29 is 18.9 Å². The number of benzene rings is 1. The first kappa shape index (κ1) is 15.1. The van der Waals surface area contributed by atoms with Gasteiger partial charge in [0.25, 0.3) is 0 Å². The Morgan fingerprint density at radius 2 is 1.33 bits per heavy atom. The van der Waals surface area contributed by atoms with Crippen molar-refractivity contribution in [1.82, 2.24) is 0 Å². The number of halogens is 1. The highest BCUT2D eigenvalue weighted by Gasteiger charge is 2.03. The van der Waals surface area contributed by atoms with E-state index in [1.807, 2.05) is 18.2 Å². The molecule has 0 fully saturated rings. The standard InChI is InChI=1S/C13H19ClO4/c1-15-3-5-17-12-7-11(10-14)8-13(9-12)18-6-4-16-2/h7-9H,3-6,10H2,1-2H3. The Morgan fingerprint density at radius 3 is 1.72 bits per heavy atom. The molecule has 0 amide bonds. The first-order valence-corrected chi connectivity index (χ1v) is 6.27. The van der Waals surface area contributed by atoms with Crippen LogP contribution in [0.25, 0.3) is 0 Å². The summed E-state index contributed by atoms with van der Waals surface area (Å²) in [6, 6.07) is 5.62. The van der Waals surface area contributed by atoms with E-state index in [0.717, 1.165) is 17.1 Å². The minimum absolute atomic E-state index is 0.419. The van der Waals surface area contributed by atoms with E-state index in [0.29, 0.717) is 32.3 Å². The highest BCUT2D eigenvalue weighted by atomic mass is 35.5. The average Bonchev–Trinajstić information content (AvgIpc) is 2.39. The van der Waals surface area contributed by atoms with Gasteiger partial charge in [-0.15, -0.1) is 11.6 Å². The maximum absolute atomic E-state index is 5.83. The van der Waals surface area contributed by atoms with Gasteiger partial charge < -0.3 is 18.9 Å². The molecule has 0 radical (unpaired) electrons. The van der Waals surface area contributed by atoms with Crippen LogP contribution >= 0.6 is 11.6 Å². The summed E-state index contributed by atoms with van der Waals surface area (Å²) in [7, 11) is 3.27. The third-order valence-electron chi connectivity index (χ3n) is 2.21. The van der Waals surface area contributed by atoms with Gasteiger partial charge in [0.1, 0.15) is 24.7 Å². The number of alkyl halides is 1. The summed E-state index contributed by atoms with van der Waals surface area (Å²) in [6.45, 7) is 2.09. The lowest BCUT2D eigenvalue weighted by molar-refractivity contribution is 0.142. The van der Waals surface area contributed by atoms with E-state index >= 15 is 0 Å². The molecule has 18 heavy (non-hydrogen) atoms. The summed E-state index contributed by atoms with van der Waals surface area (Å²) in [5.74, 6) is 1.89. The van der Waals surface area contributed by atoms with Crippen molar-refractivity contribution in [2.24, 2.45) is 0 Å². The van der Waals surface area contributed by atoms with Crippen LogP contribution in [0, 0.1) is 0 Å². The minimum Gasteiger partial charge on any atom is -0.491 e. The van der Waals surface area contributed by atoms with E-state index in [2.05, 4.69) is 0 Å². The number of hydrogen-bond donors (Lipinski definition) is 0. The van der Waals surface area contributed by atoms with Gasteiger partial charge in [-0.1, -0.05) is 0 Å². The van der Waals surface area contributed by atoms with Gasteiger partial charge in [0.05, 0.1) is 13.2 Å². The lowest BCUT2D eigenvalue weighted by Gasteiger charge is -2.11. The van der Waals surface area contributed by atoms with Crippen LogP contribution in [0.3, 0.4) is 0 Å². The number of hydrogen-bond acceptors (Lipinski definition) is 4. The predicted molar refractivity (Wildman–Crippen MR) is 70.7 cm³/mol. The maximum Gasteiger partial charge on any atom is 0.123 e. The van der Waals surface area contributed by atoms with Gasteiger partial charge in [-0.3, -0.25) is 0 Å². The topological polar surface area (TPSA) is 36.9 Å². The second kappa shape index (κ2) is 9.03. The molecule has 1 aromatic rings. The Bertz CT molecular complexity index is 316. The fourth-order valence-corrected chi connectivity index (χ4v) is 1.51. The van der Waals surface area contributed by atoms with E-state index < -0.39 is 0 Å². The molecule has 5 heteroatoms. The Morgan fingerprint density at radius 1 is 0.833 bits per heavy atom. The van der Waals surface area contributed by atoms with Gasteiger partial charge in [-0.2, -0.15) is 0 Å². The SMILES string of the molecule is COCCOc1cc(CCl)cc(OCCOC)c1. The van der Waals surface area contributed by atoms with Crippen LogP contribution in [-0.2, 0) is 15.4 Å². The minimum atomic E-state index is 0.419. The van der Waals surface area contributed by atoms with Gasteiger partial charge in [-0.05, 0) is 17.7 Å². The molecule has 0 unspecified atom stereocenters. The van der Waals surface area contributed by atoms with Gasteiger partial charge >= 0.3 is 0 Å². The van der Waals surface area contributed by atoms with Crippen molar-refractivity contribution in [1.29, 1.82) is 0 Å². The predicted octanol–water partition coefficient (Wildman–Crippen LogP) is 2.48. The lowest BCUT2D eigenvalue weighted by Crippen LogP contribution is -2.06. The van der Waals surface area contributed by atoms with Crippen molar-refractivity contribution in [3.8, 4) is 11.5 Å². The summed E-state index contributed by atoms with van der Waals surface area (Å²) in [5.41, 5.74) is 0.957. The molecule has 0 bridgehead atoms. The summed E-state index contributed by atoms with van der Waals surface area (Å²) in [4.78, 5) is 0. The van der Waals surface area contributed by atoms with Gasteiger partial charge in [0, 0.05) is 26.2 Å². The van der Waals surface area contributed by atoms with Crippen LogP contribution in [-0.4, -0.2) is 40.6 Å². The van der Waals surface area contributed by atoms with Gasteiger partial charge in [-0.25, -0.2) is 0 Å². The van der Waals surface area contributed by atoms with E-state index in [-0.39, 0.29) is 0 Å². The summed E-state index contributed by atoms with van der Waals surface area (Å²) >= 11 is 5.83. The second-order valence-corrected chi connectivity index (χ2v) is 3.90. The van der Waals surface area contributed by atoms with Gasteiger partial charge in [0.2, 0.25) is 0 Å². The molecule has 1 rings (SSSR count). The first-order valence-electron chi connectivity index (χ1n) is 5.73. The normalized spacial score (nSPS) is 10.4.